The van der Waals surface area contributed by atoms with Crippen molar-refractivity contribution in [3.63, 3.8) is 0 Å². The Morgan fingerprint density at radius 2 is 1.80 bits per heavy atom. The molecular weight excluding hydrogens is 324 g/mol. The van der Waals surface area contributed by atoms with Crippen LogP contribution in [0.15, 0.2) is 53.6 Å². The van der Waals surface area contributed by atoms with Crippen LogP contribution in [-0.4, -0.2) is 31.3 Å². The van der Waals surface area contributed by atoms with E-state index in [9.17, 15) is 14.7 Å². The molecule has 7 nitrogen and oxygen atoms in total. The molecule has 25 heavy (non-hydrogen) atoms. The van der Waals surface area contributed by atoms with Gasteiger partial charge in [-0.05, 0) is 43.3 Å². The van der Waals surface area contributed by atoms with Crippen molar-refractivity contribution in [2.45, 2.75) is 6.92 Å². The van der Waals surface area contributed by atoms with Crippen molar-refractivity contribution in [1.82, 2.24) is 5.43 Å². The number of aliphatic carboxylic acids is 1. The molecule has 0 aliphatic rings. The largest absolute Gasteiger partial charge is 0.546 e. The van der Waals surface area contributed by atoms with E-state index in [1.54, 1.807) is 62.6 Å². The molecule has 0 saturated heterocycles. The summed E-state index contributed by atoms with van der Waals surface area (Å²) in [6.45, 7) is 1.18. The summed E-state index contributed by atoms with van der Waals surface area (Å²) in [7, 11) is 1.55. The van der Waals surface area contributed by atoms with E-state index in [1.807, 2.05) is 0 Å². The van der Waals surface area contributed by atoms with Gasteiger partial charge in [-0.25, -0.2) is 5.43 Å². The van der Waals surface area contributed by atoms with Crippen molar-refractivity contribution < 1.29 is 24.2 Å². The quantitative estimate of drug-likeness (QED) is 0.598. The Morgan fingerprint density at radius 1 is 1.08 bits per heavy atom. The number of hydrazone groups is 1. The van der Waals surface area contributed by atoms with Gasteiger partial charge in [-0.3, -0.25) is 4.79 Å². The number of rotatable bonds is 7. The maximum absolute atomic E-state index is 12.1. The number of methoxy groups -OCH3 is 1. The highest BCUT2D eigenvalue weighted by molar-refractivity contribution is 6.01. The van der Waals surface area contributed by atoms with Gasteiger partial charge in [0.25, 0.3) is 5.91 Å². The van der Waals surface area contributed by atoms with Gasteiger partial charge < -0.3 is 19.4 Å². The van der Waals surface area contributed by atoms with E-state index in [-0.39, 0.29) is 5.91 Å². The molecule has 2 rings (SSSR count). The standard InChI is InChI=1S/C18H18N2O5/c1-12(14-4-3-5-16(10-14)25-11-17(21)22)19-20-18(23)13-6-8-15(24-2)9-7-13/h3-10H,11H2,1-2H3,(H,20,23)(H,21,22)/p-1/b19-12-. The summed E-state index contributed by atoms with van der Waals surface area (Å²) < 4.78 is 10.1. The summed E-state index contributed by atoms with van der Waals surface area (Å²) >= 11 is 0. The molecule has 0 heterocycles. The summed E-state index contributed by atoms with van der Waals surface area (Å²) in [6.07, 6.45) is 0. The minimum Gasteiger partial charge on any atom is -0.546 e. The van der Waals surface area contributed by atoms with Crippen LogP contribution in [-0.2, 0) is 4.79 Å². The van der Waals surface area contributed by atoms with Crippen LogP contribution in [0.2, 0.25) is 0 Å². The number of carboxylic acid groups (broad SMARTS) is 1. The van der Waals surface area contributed by atoms with E-state index in [2.05, 4.69) is 10.5 Å². The lowest BCUT2D eigenvalue weighted by molar-refractivity contribution is -0.307. The Kier molecular flexibility index (Phi) is 6.11. The number of hydrogen-bond acceptors (Lipinski definition) is 6. The van der Waals surface area contributed by atoms with Crippen LogP contribution in [0.3, 0.4) is 0 Å². The number of carboxylic acids is 1. The average molecular weight is 341 g/mol. The van der Waals surface area contributed by atoms with Gasteiger partial charge >= 0.3 is 0 Å². The van der Waals surface area contributed by atoms with Crippen molar-refractivity contribution in [3.8, 4) is 11.5 Å². The molecule has 130 valence electrons. The first-order valence-electron chi connectivity index (χ1n) is 7.41. The van der Waals surface area contributed by atoms with Gasteiger partial charge in [0, 0.05) is 11.1 Å². The topological polar surface area (TPSA) is 100 Å². The molecule has 0 atom stereocenters. The molecule has 2 aromatic carbocycles. The number of hydrogen-bond donors (Lipinski definition) is 1. The maximum Gasteiger partial charge on any atom is 0.271 e. The van der Waals surface area contributed by atoms with Gasteiger partial charge in [0.2, 0.25) is 0 Å². The predicted molar refractivity (Wildman–Crippen MR) is 89.6 cm³/mol. The van der Waals surface area contributed by atoms with Gasteiger partial charge in [-0.2, -0.15) is 5.10 Å². The third-order valence-corrected chi connectivity index (χ3v) is 3.29. The number of nitrogens with one attached hydrogen (secondary N) is 1. The molecule has 0 saturated carbocycles. The van der Waals surface area contributed by atoms with Crippen molar-refractivity contribution in [2.24, 2.45) is 5.10 Å². The minimum absolute atomic E-state index is 0.355. The molecule has 0 spiro atoms. The average Bonchev–Trinajstić information content (AvgIpc) is 2.64. The van der Waals surface area contributed by atoms with E-state index >= 15 is 0 Å². The number of nitrogens with zero attached hydrogens (tertiary/aromatic N) is 1. The molecule has 1 N–H and O–H groups in total. The van der Waals surface area contributed by atoms with Crippen molar-refractivity contribution in [3.05, 3.63) is 59.7 Å². The van der Waals surface area contributed by atoms with E-state index in [1.165, 1.54) is 0 Å². The Labute approximate surface area is 144 Å². The van der Waals surface area contributed by atoms with E-state index < -0.39 is 12.6 Å². The molecule has 0 radical (unpaired) electrons. The van der Waals surface area contributed by atoms with Crippen molar-refractivity contribution >= 4 is 17.6 Å². The van der Waals surface area contributed by atoms with Crippen LogP contribution < -0.4 is 20.0 Å². The summed E-state index contributed by atoms with van der Waals surface area (Å²) in [5.41, 5.74) is 4.14. The van der Waals surface area contributed by atoms with Crippen molar-refractivity contribution in [2.75, 3.05) is 13.7 Å². The molecule has 0 fully saturated rings. The number of benzene rings is 2. The fraction of sp³-hybridized carbons (Fsp3) is 0.167. The van der Waals surface area contributed by atoms with Crippen LogP contribution in [0.5, 0.6) is 11.5 Å². The minimum atomic E-state index is -1.30. The molecule has 2 aromatic rings. The number of carbonyl (C=O) groups is 2. The van der Waals surface area contributed by atoms with Crippen LogP contribution in [0, 0.1) is 0 Å². The number of ether oxygens (including phenoxy) is 2. The fourth-order valence-corrected chi connectivity index (χ4v) is 1.96. The SMILES string of the molecule is COc1ccc(C(=O)N/N=C(/C)c2cccc(OCC(=O)[O-])c2)cc1. The summed E-state index contributed by atoms with van der Waals surface area (Å²) in [5.74, 6) is -0.628. The Morgan fingerprint density at radius 3 is 2.44 bits per heavy atom. The molecule has 0 unspecified atom stereocenters. The molecule has 0 aliphatic heterocycles. The Hall–Kier alpha value is -3.35. The summed E-state index contributed by atoms with van der Waals surface area (Å²) in [4.78, 5) is 22.5. The molecular formula is C18H17N2O5-. The normalized spacial score (nSPS) is 10.9. The highest BCUT2D eigenvalue weighted by Gasteiger charge is 2.06. The molecule has 0 aliphatic carbocycles. The smallest absolute Gasteiger partial charge is 0.271 e. The molecule has 1 amide bonds. The van der Waals surface area contributed by atoms with E-state index in [0.717, 1.165) is 0 Å². The first kappa shape index (κ1) is 18.0. The van der Waals surface area contributed by atoms with E-state index in [0.29, 0.717) is 28.3 Å². The van der Waals surface area contributed by atoms with Gasteiger partial charge in [-0.1, -0.05) is 12.1 Å². The monoisotopic (exact) mass is 341 g/mol. The highest BCUT2D eigenvalue weighted by Crippen LogP contribution is 2.14. The lowest BCUT2D eigenvalue weighted by Crippen LogP contribution is -2.28. The van der Waals surface area contributed by atoms with Gasteiger partial charge in [0.15, 0.2) is 0 Å². The van der Waals surface area contributed by atoms with Crippen molar-refractivity contribution in [1.29, 1.82) is 0 Å². The first-order valence-corrected chi connectivity index (χ1v) is 7.41. The zero-order valence-electron chi connectivity index (χ0n) is 13.8. The summed E-state index contributed by atoms with van der Waals surface area (Å²) in [6, 6.07) is 13.3. The molecule has 0 bridgehead atoms. The molecule has 0 aromatic heterocycles. The highest BCUT2D eigenvalue weighted by atomic mass is 16.5. The predicted octanol–water partition coefficient (Wildman–Crippen LogP) is 0.978. The van der Waals surface area contributed by atoms with Crippen LogP contribution in [0.1, 0.15) is 22.8 Å². The number of amides is 1. The third-order valence-electron chi connectivity index (χ3n) is 3.29. The van der Waals surface area contributed by atoms with Gasteiger partial charge in [0.05, 0.1) is 18.8 Å². The lowest BCUT2D eigenvalue weighted by atomic mass is 10.1. The Bertz CT molecular complexity index is 784. The summed E-state index contributed by atoms with van der Waals surface area (Å²) in [5, 5.41) is 14.5. The zero-order chi connectivity index (χ0) is 18.2. The molecule has 7 heteroatoms. The van der Waals surface area contributed by atoms with Crippen LogP contribution >= 0.6 is 0 Å². The maximum atomic E-state index is 12.1. The van der Waals surface area contributed by atoms with Gasteiger partial charge in [-0.15, -0.1) is 0 Å². The van der Waals surface area contributed by atoms with Crippen LogP contribution in [0.25, 0.3) is 0 Å². The lowest BCUT2D eigenvalue weighted by Gasteiger charge is -2.08. The zero-order valence-corrected chi connectivity index (χ0v) is 13.8. The second kappa shape index (κ2) is 8.49. The van der Waals surface area contributed by atoms with Crippen LogP contribution in [0.4, 0.5) is 0 Å². The second-order valence-corrected chi connectivity index (χ2v) is 5.06. The number of carbonyl (C=O) groups excluding carboxylic acids is 2. The third kappa shape index (κ3) is 5.35. The first-order chi connectivity index (χ1) is 12.0. The second-order valence-electron chi connectivity index (χ2n) is 5.06. The van der Waals surface area contributed by atoms with Gasteiger partial charge in [0.1, 0.15) is 18.1 Å². The fourth-order valence-electron chi connectivity index (χ4n) is 1.96. The Balaban J connectivity index is 2.03. The van der Waals surface area contributed by atoms with E-state index in [4.69, 9.17) is 9.47 Å².